The number of phenols is 1. The standard InChI is InChI=1S/C17H20O5/c1-2-14(12-19)15(7-9-18)11-17(21)22-10-8-13-3-5-16(20)6-4-13/h2-6,9,12,15,20H,7-8,10-11H2,1H3/t15-/m0/s1. The van der Waals surface area contributed by atoms with Gasteiger partial charge in [0.05, 0.1) is 13.0 Å². The molecule has 1 N–H and O–H groups in total. The number of ether oxygens (including phenoxy) is 1. The van der Waals surface area contributed by atoms with Crippen LogP contribution in [0.25, 0.3) is 0 Å². The van der Waals surface area contributed by atoms with Crippen molar-refractivity contribution < 1.29 is 24.2 Å². The second-order valence-corrected chi connectivity index (χ2v) is 4.85. The van der Waals surface area contributed by atoms with Crippen LogP contribution in [-0.4, -0.2) is 30.3 Å². The van der Waals surface area contributed by atoms with Gasteiger partial charge < -0.3 is 14.6 Å². The molecular formula is C17H20O5. The van der Waals surface area contributed by atoms with Crippen LogP contribution in [0.3, 0.4) is 0 Å². The monoisotopic (exact) mass is 304 g/mol. The quantitative estimate of drug-likeness (QED) is 0.430. The number of allylic oxidation sites excluding steroid dienone is 2. The molecule has 1 aromatic rings. The summed E-state index contributed by atoms with van der Waals surface area (Å²) in [4.78, 5) is 33.3. The number of esters is 1. The summed E-state index contributed by atoms with van der Waals surface area (Å²) in [5, 5.41) is 9.17. The fourth-order valence-corrected chi connectivity index (χ4v) is 2.06. The number of carbonyl (C=O) groups is 3. The first-order valence-corrected chi connectivity index (χ1v) is 7.09. The maximum atomic E-state index is 11.8. The molecule has 5 heteroatoms. The maximum Gasteiger partial charge on any atom is 0.306 e. The number of aromatic hydroxyl groups is 1. The molecule has 0 saturated carbocycles. The van der Waals surface area contributed by atoms with Crippen LogP contribution in [0.5, 0.6) is 5.75 Å². The maximum absolute atomic E-state index is 11.8. The molecule has 0 saturated heterocycles. The molecule has 1 aromatic carbocycles. The van der Waals surface area contributed by atoms with Crippen LogP contribution < -0.4 is 0 Å². The summed E-state index contributed by atoms with van der Waals surface area (Å²) in [6, 6.07) is 6.64. The summed E-state index contributed by atoms with van der Waals surface area (Å²) in [6.07, 6.45) is 3.62. The van der Waals surface area contributed by atoms with Crippen LogP contribution in [0.2, 0.25) is 0 Å². The number of carbonyl (C=O) groups excluding carboxylic acids is 3. The lowest BCUT2D eigenvalue weighted by atomic mass is 9.93. The smallest absolute Gasteiger partial charge is 0.306 e. The molecule has 0 unspecified atom stereocenters. The van der Waals surface area contributed by atoms with Crippen LogP contribution in [0.15, 0.2) is 35.9 Å². The van der Waals surface area contributed by atoms with Crippen LogP contribution in [0.1, 0.15) is 25.3 Å². The van der Waals surface area contributed by atoms with Crippen molar-refractivity contribution in [2.75, 3.05) is 6.61 Å². The van der Waals surface area contributed by atoms with Crippen LogP contribution >= 0.6 is 0 Å². The van der Waals surface area contributed by atoms with Gasteiger partial charge in [-0.1, -0.05) is 18.2 Å². The number of benzene rings is 1. The molecule has 0 bridgehead atoms. The minimum absolute atomic E-state index is 0.00668. The van der Waals surface area contributed by atoms with E-state index in [0.717, 1.165) is 5.56 Å². The third-order valence-corrected chi connectivity index (χ3v) is 3.32. The lowest BCUT2D eigenvalue weighted by Gasteiger charge is -2.13. The Hall–Kier alpha value is -2.43. The molecule has 22 heavy (non-hydrogen) atoms. The first-order chi connectivity index (χ1) is 10.6. The summed E-state index contributed by atoms with van der Waals surface area (Å²) in [6.45, 7) is 1.90. The molecule has 0 radical (unpaired) electrons. The second kappa shape index (κ2) is 9.50. The zero-order valence-corrected chi connectivity index (χ0v) is 12.5. The number of phenolic OH excluding ortho intramolecular Hbond substituents is 1. The van der Waals surface area contributed by atoms with Gasteiger partial charge in [0.15, 0.2) is 0 Å². The van der Waals surface area contributed by atoms with Gasteiger partial charge >= 0.3 is 5.97 Å². The number of rotatable bonds is 9. The Morgan fingerprint density at radius 3 is 2.50 bits per heavy atom. The first-order valence-electron chi connectivity index (χ1n) is 7.09. The highest BCUT2D eigenvalue weighted by molar-refractivity contribution is 5.78. The number of hydrogen-bond donors (Lipinski definition) is 1. The molecular weight excluding hydrogens is 284 g/mol. The third-order valence-electron chi connectivity index (χ3n) is 3.32. The average Bonchev–Trinajstić information content (AvgIpc) is 2.50. The Morgan fingerprint density at radius 2 is 1.95 bits per heavy atom. The third kappa shape index (κ3) is 5.91. The van der Waals surface area contributed by atoms with Gasteiger partial charge in [-0.25, -0.2) is 0 Å². The highest BCUT2D eigenvalue weighted by atomic mass is 16.5. The van der Waals surface area contributed by atoms with E-state index < -0.39 is 11.9 Å². The summed E-state index contributed by atoms with van der Waals surface area (Å²) >= 11 is 0. The van der Waals surface area contributed by atoms with Crippen molar-refractivity contribution in [3.8, 4) is 5.75 Å². The average molecular weight is 304 g/mol. The van der Waals surface area contributed by atoms with Gasteiger partial charge in [-0.15, -0.1) is 0 Å². The van der Waals surface area contributed by atoms with Crippen LogP contribution in [0.4, 0.5) is 0 Å². The lowest BCUT2D eigenvalue weighted by molar-refractivity contribution is -0.144. The topological polar surface area (TPSA) is 80.7 Å². The van der Waals surface area contributed by atoms with E-state index in [1.165, 1.54) is 0 Å². The predicted octanol–water partition coefficient (Wildman–Crippen LogP) is 2.22. The molecule has 0 aliphatic heterocycles. The molecule has 1 rings (SSSR count). The molecule has 0 aromatic heterocycles. The van der Waals surface area contributed by atoms with E-state index in [-0.39, 0.29) is 25.2 Å². The van der Waals surface area contributed by atoms with E-state index in [2.05, 4.69) is 0 Å². The van der Waals surface area contributed by atoms with Gasteiger partial charge in [0, 0.05) is 18.8 Å². The normalized spacial score (nSPS) is 12.5. The van der Waals surface area contributed by atoms with Gasteiger partial charge in [-0.2, -0.15) is 0 Å². The molecule has 0 aliphatic rings. The zero-order chi connectivity index (χ0) is 16.4. The van der Waals surface area contributed by atoms with E-state index in [0.29, 0.717) is 24.6 Å². The molecule has 0 amide bonds. The Labute approximate surface area is 129 Å². The highest BCUT2D eigenvalue weighted by Crippen LogP contribution is 2.18. The van der Waals surface area contributed by atoms with Crippen molar-refractivity contribution in [2.45, 2.75) is 26.2 Å². The Bertz CT molecular complexity index is 530. The fraction of sp³-hybridized carbons (Fsp3) is 0.353. The van der Waals surface area contributed by atoms with Crippen molar-refractivity contribution in [2.24, 2.45) is 5.92 Å². The summed E-state index contributed by atoms with van der Waals surface area (Å²) in [5.74, 6) is -0.682. The van der Waals surface area contributed by atoms with E-state index in [9.17, 15) is 19.5 Å². The van der Waals surface area contributed by atoms with Crippen molar-refractivity contribution in [3.05, 3.63) is 41.5 Å². The second-order valence-electron chi connectivity index (χ2n) is 4.85. The molecule has 0 fully saturated rings. The van der Waals surface area contributed by atoms with Gasteiger partial charge in [0.1, 0.15) is 18.3 Å². The number of hydrogen-bond acceptors (Lipinski definition) is 5. The molecule has 5 nitrogen and oxygen atoms in total. The molecule has 118 valence electrons. The predicted molar refractivity (Wildman–Crippen MR) is 81.4 cm³/mol. The minimum Gasteiger partial charge on any atom is -0.508 e. The van der Waals surface area contributed by atoms with Crippen LogP contribution in [0, 0.1) is 5.92 Å². The van der Waals surface area contributed by atoms with Crippen LogP contribution in [-0.2, 0) is 25.5 Å². The van der Waals surface area contributed by atoms with Gasteiger partial charge in [0.2, 0.25) is 0 Å². The van der Waals surface area contributed by atoms with Crippen molar-refractivity contribution in [3.63, 3.8) is 0 Å². The molecule has 0 spiro atoms. The van der Waals surface area contributed by atoms with E-state index in [1.807, 2.05) is 0 Å². The van der Waals surface area contributed by atoms with Gasteiger partial charge in [-0.05, 0) is 30.2 Å². The molecule has 0 aliphatic carbocycles. The summed E-state index contributed by atoms with van der Waals surface area (Å²) in [7, 11) is 0. The van der Waals surface area contributed by atoms with E-state index >= 15 is 0 Å². The largest absolute Gasteiger partial charge is 0.508 e. The fourth-order valence-electron chi connectivity index (χ4n) is 2.06. The SMILES string of the molecule is CC=C(C=O)[C@@H](CC=O)CC(=O)OCCc1ccc(O)cc1. The summed E-state index contributed by atoms with van der Waals surface area (Å²) < 4.78 is 5.13. The van der Waals surface area contributed by atoms with Gasteiger partial charge in [0.25, 0.3) is 0 Å². The minimum atomic E-state index is -0.438. The Kier molecular flexibility index (Phi) is 7.61. The molecule has 1 atom stereocenters. The number of aldehydes is 2. The van der Waals surface area contributed by atoms with Crippen molar-refractivity contribution in [1.29, 1.82) is 0 Å². The highest BCUT2D eigenvalue weighted by Gasteiger charge is 2.18. The molecule has 0 heterocycles. The zero-order valence-electron chi connectivity index (χ0n) is 12.5. The Balaban J connectivity index is 2.45. The lowest BCUT2D eigenvalue weighted by Crippen LogP contribution is -2.16. The Morgan fingerprint density at radius 1 is 1.27 bits per heavy atom. The van der Waals surface area contributed by atoms with E-state index in [4.69, 9.17) is 4.74 Å². The van der Waals surface area contributed by atoms with Crippen molar-refractivity contribution in [1.82, 2.24) is 0 Å². The first kappa shape index (κ1) is 17.6. The van der Waals surface area contributed by atoms with E-state index in [1.54, 1.807) is 37.3 Å². The van der Waals surface area contributed by atoms with Gasteiger partial charge in [-0.3, -0.25) is 9.59 Å². The summed E-state index contributed by atoms with van der Waals surface area (Å²) in [5.41, 5.74) is 1.37. The van der Waals surface area contributed by atoms with Crippen molar-refractivity contribution >= 4 is 18.5 Å².